The fourth-order valence-electron chi connectivity index (χ4n) is 2.46. The van der Waals surface area contributed by atoms with Crippen LogP contribution in [0, 0.1) is 0 Å². The number of nitrogens with two attached hydrogens (primary N) is 1. The van der Waals surface area contributed by atoms with Crippen LogP contribution in [0.3, 0.4) is 0 Å². The topological polar surface area (TPSA) is 96.6 Å². The van der Waals surface area contributed by atoms with Gasteiger partial charge < -0.3 is 10.6 Å². The molecule has 0 aliphatic carbocycles. The summed E-state index contributed by atoms with van der Waals surface area (Å²) in [5.41, 5.74) is 3.48. The van der Waals surface area contributed by atoms with Gasteiger partial charge in [0.25, 0.3) is 0 Å². The second-order valence-electron chi connectivity index (χ2n) is 5.59. The average molecular weight is 488 g/mol. The first-order chi connectivity index (χ1) is 11.9. The summed E-state index contributed by atoms with van der Waals surface area (Å²) in [6.45, 7) is 3.35. The molecule has 0 heterocycles. The van der Waals surface area contributed by atoms with Gasteiger partial charge in [0, 0.05) is 20.1 Å². The van der Waals surface area contributed by atoms with Gasteiger partial charge in [0.15, 0.2) is 5.96 Å². The molecule has 0 fully saturated rings. The third kappa shape index (κ3) is 6.58. The van der Waals surface area contributed by atoms with E-state index in [4.69, 9.17) is 5.14 Å². The van der Waals surface area contributed by atoms with Gasteiger partial charge in [-0.2, -0.15) is 0 Å². The predicted molar refractivity (Wildman–Crippen MR) is 116 cm³/mol. The normalized spacial score (nSPS) is 11.6. The highest BCUT2D eigenvalue weighted by molar-refractivity contribution is 14.0. The van der Waals surface area contributed by atoms with Gasteiger partial charge in [-0.25, -0.2) is 13.6 Å². The first-order valence-electron chi connectivity index (χ1n) is 8.07. The molecule has 142 valence electrons. The lowest BCUT2D eigenvalue weighted by Crippen LogP contribution is -2.36. The smallest absolute Gasteiger partial charge is 0.238 e. The number of hydrogen-bond donors (Lipinski definition) is 3. The largest absolute Gasteiger partial charge is 0.352 e. The van der Waals surface area contributed by atoms with E-state index in [1.807, 2.05) is 12.1 Å². The van der Waals surface area contributed by atoms with Crippen molar-refractivity contribution in [1.82, 2.24) is 10.6 Å². The van der Waals surface area contributed by atoms with Crippen molar-refractivity contribution in [3.8, 4) is 0 Å². The number of sulfonamides is 1. The van der Waals surface area contributed by atoms with Crippen LogP contribution < -0.4 is 15.8 Å². The standard InChI is InChI=1S/C18H24N4O2S.HI/c1-3-15-6-4-5-7-16(15)13-22-18(20-2)21-12-14-8-10-17(11-9-14)25(19,23)24;/h4-11H,3,12-13H2,1-2H3,(H2,19,23,24)(H2,20,21,22);1H. The Kier molecular flexibility index (Phi) is 9.03. The van der Waals surface area contributed by atoms with Gasteiger partial charge in [0.2, 0.25) is 10.0 Å². The number of nitrogens with zero attached hydrogens (tertiary/aromatic N) is 1. The first kappa shape index (κ1) is 22.4. The van der Waals surface area contributed by atoms with Gasteiger partial charge in [-0.05, 0) is 35.2 Å². The Morgan fingerprint density at radius 3 is 2.12 bits per heavy atom. The van der Waals surface area contributed by atoms with Crippen LogP contribution in [0.5, 0.6) is 0 Å². The Labute approximate surface area is 172 Å². The van der Waals surface area contributed by atoms with E-state index in [0.29, 0.717) is 19.0 Å². The molecule has 0 atom stereocenters. The molecule has 8 heteroatoms. The summed E-state index contributed by atoms with van der Waals surface area (Å²) in [4.78, 5) is 4.32. The van der Waals surface area contributed by atoms with Crippen LogP contribution in [0.25, 0.3) is 0 Å². The zero-order valence-corrected chi connectivity index (χ0v) is 18.0. The van der Waals surface area contributed by atoms with Crippen LogP contribution in [0.2, 0.25) is 0 Å². The van der Waals surface area contributed by atoms with Crippen LogP contribution in [0.4, 0.5) is 0 Å². The van der Waals surface area contributed by atoms with Crippen molar-refractivity contribution in [3.05, 3.63) is 65.2 Å². The minimum Gasteiger partial charge on any atom is -0.352 e. The van der Waals surface area contributed by atoms with Gasteiger partial charge in [-0.3, -0.25) is 4.99 Å². The van der Waals surface area contributed by atoms with Crippen LogP contribution >= 0.6 is 24.0 Å². The number of benzene rings is 2. The van der Waals surface area contributed by atoms with E-state index in [2.05, 4.69) is 34.7 Å². The molecule has 0 bridgehead atoms. The van der Waals surface area contributed by atoms with Crippen molar-refractivity contribution in [2.24, 2.45) is 10.1 Å². The molecule has 0 saturated carbocycles. The van der Waals surface area contributed by atoms with Crippen LogP contribution in [-0.2, 0) is 29.5 Å². The highest BCUT2D eigenvalue weighted by Gasteiger charge is 2.07. The molecule has 0 aromatic heterocycles. The SMILES string of the molecule is CCc1ccccc1CNC(=NC)NCc1ccc(S(N)(=O)=O)cc1.I. The molecule has 0 aliphatic heterocycles. The van der Waals surface area contributed by atoms with E-state index in [9.17, 15) is 8.42 Å². The molecule has 26 heavy (non-hydrogen) atoms. The van der Waals surface area contributed by atoms with Crippen molar-refractivity contribution in [2.75, 3.05) is 7.05 Å². The summed E-state index contributed by atoms with van der Waals surface area (Å²) < 4.78 is 22.5. The van der Waals surface area contributed by atoms with Crippen molar-refractivity contribution in [1.29, 1.82) is 0 Å². The van der Waals surface area contributed by atoms with Gasteiger partial charge in [-0.15, -0.1) is 24.0 Å². The van der Waals surface area contributed by atoms with Gasteiger partial charge in [-0.1, -0.05) is 43.3 Å². The van der Waals surface area contributed by atoms with E-state index in [0.717, 1.165) is 12.0 Å². The molecule has 2 aromatic rings. The zero-order valence-electron chi connectivity index (χ0n) is 14.9. The van der Waals surface area contributed by atoms with Crippen molar-refractivity contribution < 1.29 is 8.42 Å². The molecule has 0 amide bonds. The number of aliphatic imine (C=N–C) groups is 1. The lowest BCUT2D eigenvalue weighted by Gasteiger charge is -2.14. The predicted octanol–water partition coefficient (Wildman–Crippen LogP) is 2.38. The summed E-state index contributed by atoms with van der Waals surface area (Å²) in [7, 11) is -1.94. The second kappa shape index (κ2) is 10.5. The monoisotopic (exact) mass is 488 g/mol. The number of aryl methyl sites for hydroxylation is 1. The minimum absolute atomic E-state index is 0. The van der Waals surface area contributed by atoms with Gasteiger partial charge in [0.1, 0.15) is 0 Å². The van der Waals surface area contributed by atoms with E-state index in [1.54, 1.807) is 19.2 Å². The van der Waals surface area contributed by atoms with E-state index >= 15 is 0 Å². The molecule has 4 N–H and O–H groups in total. The highest BCUT2D eigenvalue weighted by atomic mass is 127. The fourth-order valence-corrected chi connectivity index (χ4v) is 2.97. The number of nitrogens with one attached hydrogen (secondary N) is 2. The summed E-state index contributed by atoms with van der Waals surface area (Å²) in [6, 6.07) is 14.8. The summed E-state index contributed by atoms with van der Waals surface area (Å²) >= 11 is 0. The lowest BCUT2D eigenvalue weighted by atomic mass is 10.1. The van der Waals surface area contributed by atoms with Crippen LogP contribution in [0.15, 0.2) is 58.4 Å². The molecule has 6 nitrogen and oxygen atoms in total. The maximum atomic E-state index is 11.3. The summed E-state index contributed by atoms with van der Waals surface area (Å²) in [6.07, 6.45) is 0.986. The number of primary sulfonamides is 1. The quantitative estimate of drug-likeness (QED) is 0.331. The summed E-state index contributed by atoms with van der Waals surface area (Å²) in [5, 5.41) is 11.6. The fraction of sp³-hybridized carbons (Fsp3) is 0.278. The van der Waals surface area contributed by atoms with E-state index < -0.39 is 10.0 Å². The zero-order chi connectivity index (χ0) is 18.3. The van der Waals surface area contributed by atoms with E-state index in [-0.39, 0.29) is 28.9 Å². The van der Waals surface area contributed by atoms with Gasteiger partial charge >= 0.3 is 0 Å². The molecule has 0 saturated heterocycles. The molecule has 0 radical (unpaired) electrons. The van der Waals surface area contributed by atoms with Gasteiger partial charge in [0.05, 0.1) is 4.90 Å². The first-order valence-corrected chi connectivity index (χ1v) is 9.61. The van der Waals surface area contributed by atoms with Crippen molar-refractivity contribution >= 4 is 40.0 Å². The molecule has 0 unspecified atom stereocenters. The lowest BCUT2D eigenvalue weighted by molar-refractivity contribution is 0.597. The van der Waals surface area contributed by atoms with Crippen molar-refractivity contribution in [3.63, 3.8) is 0 Å². The van der Waals surface area contributed by atoms with E-state index in [1.165, 1.54) is 23.3 Å². The third-order valence-electron chi connectivity index (χ3n) is 3.88. The maximum absolute atomic E-state index is 11.3. The molecule has 2 rings (SSSR count). The van der Waals surface area contributed by atoms with Crippen molar-refractivity contribution in [2.45, 2.75) is 31.3 Å². The number of rotatable bonds is 6. The minimum atomic E-state index is -3.66. The van der Waals surface area contributed by atoms with Crippen LogP contribution in [0.1, 0.15) is 23.6 Å². The average Bonchev–Trinajstić information content (AvgIpc) is 2.61. The molecular formula is C18H25IN4O2S. The third-order valence-corrected chi connectivity index (χ3v) is 4.81. The second-order valence-corrected chi connectivity index (χ2v) is 7.15. The summed E-state index contributed by atoms with van der Waals surface area (Å²) in [5.74, 6) is 0.682. The number of guanidine groups is 1. The Balaban J connectivity index is 0.00000338. The maximum Gasteiger partial charge on any atom is 0.238 e. The number of halogens is 1. The Morgan fingerprint density at radius 2 is 1.58 bits per heavy atom. The Hall–Kier alpha value is -1.65. The number of hydrogen-bond acceptors (Lipinski definition) is 3. The molecule has 0 spiro atoms. The molecule has 2 aromatic carbocycles. The highest BCUT2D eigenvalue weighted by Crippen LogP contribution is 2.10. The Bertz CT molecular complexity index is 837. The van der Waals surface area contributed by atoms with Crippen LogP contribution in [-0.4, -0.2) is 21.4 Å². The molecule has 0 aliphatic rings. The Morgan fingerprint density at radius 1 is 1.00 bits per heavy atom. The molecular weight excluding hydrogens is 463 g/mol.